The van der Waals surface area contributed by atoms with E-state index in [4.69, 9.17) is 10.5 Å². The fourth-order valence-electron chi connectivity index (χ4n) is 1.58. The Balaban J connectivity index is 2.66. The van der Waals surface area contributed by atoms with E-state index in [1.807, 2.05) is 19.1 Å². The number of rotatable bonds is 6. The number of carbonyl (C=O) groups is 1. The minimum Gasteiger partial charge on any atom is -0.494 e. The molecule has 0 aromatic heterocycles. The van der Waals surface area contributed by atoms with Crippen LogP contribution in [0.1, 0.15) is 18.9 Å². The molecule has 0 spiro atoms. The Kier molecular flexibility index (Phi) is 6.11. The number of carbonyl (C=O) groups excluding carboxylic acids is 1. The number of primary amides is 1. The zero-order chi connectivity index (χ0) is 13.7. The quantitative estimate of drug-likeness (QED) is 0.798. The SMILES string of the molecule is COc1c(Br)cc(CNC(C)CC(N)=O)cc1Br. The number of amides is 1. The van der Waals surface area contributed by atoms with Crippen LogP contribution in [0, 0.1) is 0 Å². The second-order valence-corrected chi connectivity index (χ2v) is 5.75. The van der Waals surface area contributed by atoms with Crippen molar-refractivity contribution in [3.05, 3.63) is 26.6 Å². The van der Waals surface area contributed by atoms with Crippen LogP contribution in [-0.2, 0) is 11.3 Å². The number of methoxy groups -OCH3 is 1. The average molecular weight is 380 g/mol. The zero-order valence-corrected chi connectivity index (χ0v) is 13.5. The zero-order valence-electron chi connectivity index (χ0n) is 10.3. The topological polar surface area (TPSA) is 64.3 Å². The molecule has 4 nitrogen and oxygen atoms in total. The maximum atomic E-state index is 10.8. The van der Waals surface area contributed by atoms with Gasteiger partial charge in [0.25, 0.3) is 0 Å². The molecule has 1 aromatic carbocycles. The van der Waals surface area contributed by atoms with Crippen LogP contribution in [0.5, 0.6) is 5.75 Å². The maximum absolute atomic E-state index is 10.8. The molecule has 1 amide bonds. The summed E-state index contributed by atoms with van der Waals surface area (Å²) < 4.78 is 7.01. The van der Waals surface area contributed by atoms with Crippen LogP contribution >= 0.6 is 31.9 Å². The summed E-state index contributed by atoms with van der Waals surface area (Å²) in [4.78, 5) is 10.8. The van der Waals surface area contributed by atoms with E-state index in [1.165, 1.54) is 0 Å². The van der Waals surface area contributed by atoms with Crippen molar-refractivity contribution in [1.29, 1.82) is 0 Å². The highest BCUT2D eigenvalue weighted by molar-refractivity contribution is 9.11. The predicted molar refractivity (Wildman–Crippen MR) is 78.5 cm³/mol. The van der Waals surface area contributed by atoms with Gasteiger partial charge in [-0.15, -0.1) is 0 Å². The van der Waals surface area contributed by atoms with E-state index in [0.29, 0.717) is 13.0 Å². The highest BCUT2D eigenvalue weighted by atomic mass is 79.9. The highest BCUT2D eigenvalue weighted by Gasteiger charge is 2.09. The van der Waals surface area contributed by atoms with Crippen LogP contribution < -0.4 is 15.8 Å². The van der Waals surface area contributed by atoms with Crippen LogP contribution in [0.2, 0.25) is 0 Å². The monoisotopic (exact) mass is 378 g/mol. The molecule has 18 heavy (non-hydrogen) atoms. The Bertz CT molecular complexity index is 415. The molecule has 0 aliphatic rings. The molecular weight excluding hydrogens is 364 g/mol. The Morgan fingerprint density at radius 2 is 2.00 bits per heavy atom. The van der Waals surface area contributed by atoms with Gasteiger partial charge in [-0.2, -0.15) is 0 Å². The maximum Gasteiger partial charge on any atom is 0.218 e. The van der Waals surface area contributed by atoms with Crippen molar-refractivity contribution in [3.8, 4) is 5.75 Å². The summed E-state index contributed by atoms with van der Waals surface area (Å²) in [5.74, 6) is 0.469. The standard InChI is InChI=1S/C12H16Br2N2O2/c1-7(3-11(15)17)16-6-8-4-9(13)12(18-2)10(14)5-8/h4-5,7,16H,3,6H2,1-2H3,(H2,15,17). The first-order valence-corrected chi connectivity index (χ1v) is 7.06. The first-order valence-electron chi connectivity index (χ1n) is 5.47. The van der Waals surface area contributed by atoms with E-state index < -0.39 is 0 Å². The molecule has 0 bridgehead atoms. The van der Waals surface area contributed by atoms with E-state index in [9.17, 15) is 4.79 Å². The second kappa shape index (κ2) is 7.11. The highest BCUT2D eigenvalue weighted by Crippen LogP contribution is 2.34. The smallest absolute Gasteiger partial charge is 0.218 e. The lowest BCUT2D eigenvalue weighted by Gasteiger charge is -2.13. The number of nitrogens with one attached hydrogen (secondary N) is 1. The van der Waals surface area contributed by atoms with Gasteiger partial charge in [0.15, 0.2) is 0 Å². The summed E-state index contributed by atoms with van der Waals surface area (Å²) in [5.41, 5.74) is 6.23. The molecular formula is C12H16Br2N2O2. The normalized spacial score (nSPS) is 12.2. The summed E-state index contributed by atoms with van der Waals surface area (Å²) in [6.45, 7) is 2.59. The molecule has 6 heteroatoms. The van der Waals surface area contributed by atoms with Gasteiger partial charge in [0.05, 0.1) is 16.1 Å². The van der Waals surface area contributed by atoms with Crippen LogP contribution in [0.4, 0.5) is 0 Å². The van der Waals surface area contributed by atoms with Crippen molar-refractivity contribution in [2.75, 3.05) is 7.11 Å². The molecule has 1 atom stereocenters. The van der Waals surface area contributed by atoms with Crippen molar-refractivity contribution in [2.24, 2.45) is 5.73 Å². The van der Waals surface area contributed by atoms with E-state index >= 15 is 0 Å². The summed E-state index contributed by atoms with van der Waals surface area (Å²) in [5, 5.41) is 3.24. The Labute approximate surface area is 124 Å². The van der Waals surface area contributed by atoms with Crippen LogP contribution in [-0.4, -0.2) is 19.1 Å². The lowest BCUT2D eigenvalue weighted by Crippen LogP contribution is -2.30. The molecule has 1 rings (SSSR count). The molecule has 0 aliphatic carbocycles. The Hall–Kier alpha value is -0.590. The number of nitrogens with two attached hydrogens (primary N) is 1. The number of hydrogen-bond acceptors (Lipinski definition) is 3. The summed E-state index contributed by atoms with van der Waals surface area (Å²) in [6, 6.07) is 4.02. The average Bonchev–Trinajstić information content (AvgIpc) is 2.25. The van der Waals surface area contributed by atoms with Crippen molar-refractivity contribution < 1.29 is 9.53 Å². The molecule has 0 heterocycles. The first kappa shape index (κ1) is 15.5. The fourth-order valence-corrected chi connectivity index (χ4v) is 3.18. The lowest BCUT2D eigenvalue weighted by molar-refractivity contribution is -0.118. The molecule has 0 saturated heterocycles. The van der Waals surface area contributed by atoms with Gasteiger partial charge in [0.2, 0.25) is 5.91 Å². The van der Waals surface area contributed by atoms with Crippen molar-refractivity contribution in [2.45, 2.75) is 25.9 Å². The van der Waals surface area contributed by atoms with E-state index in [-0.39, 0.29) is 11.9 Å². The van der Waals surface area contributed by atoms with Crippen LogP contribution in [0.3, 0.4) is 0 Å². The third-order valence-corrected chi connectivity index (χ3v) is 3.60. The largest absolute Gasteiger partial charge is 0.494 e. The minimum atomic E-state index is -0.299. The number of benzene rings is 1. The molecule has 1 aromatic rings. The summed E-state index contributed by atoms with van der Waals surface area (Å²) in [6.07, 6.45) is 0.332. The number of halogens is 2. The number of hydrogen-bond donors (Lipinski definition) is 2. The van der Waals surface area contributed by atoms with Crippen molar-refractivity contribution in [1.82, 2.24) is 5.32 Å². The number of ether oxygens (including phenoxy) is 1. The molecule has 1 unspecified atom stereocenters. The van der Waals surface area contributed by atoms with Gasteiger partial charge in [0, 0.05) is 19.0 Å². The summed E-state index contributed by atoms with van der Waals surface area (Å²) in [7, 11) is 1.62. The van der Waals surface area contributed by atoms with Crippen LogP contribution in [0.15, 0.2) is 21.1 Å². The lowest BCUT2D eigenvalue weighted by atomic mass is 10.2. The van der Waals surface area contributed by atoms with Gasteiger partial charge >= 0.3 is 0 Å². The Morgan fingerprint density at radius 1 is 1.44 bits per heavy atom. The molecule has 0 fully saturated rings. The van der Waals surface area contributed by atoms with Crippen molar-refractivity contribution >= 4 is 37.8 Å². The Morgan fingerprint density at radius 3 is 2.44 bits per heavy atom. The molecule has 100 valence electrons. The first-order chi connectivity index (χ1) is 8.43. The van der Waals surface area contributed by atoms with Gasteiger partial charge in [-0.05, 0) is 56.5 Å². The molecule has 0 saturated carbocycles. The van der Waals surface area contributed by atoms with Gasteiger partial charge in [-0.1, -0.05) is 0 Å². The van der Waals surface area contributed by atoms with Gasteiger partial charge < -0.3 is 15.8 Å². The molecule has 0 aliphatic heterocycles. The fraction of sp³-hybridized carbons (Fsp3) is 0.417. The third kappa shape index (κ3) is 4.59. The van der Waals surface area contributed by atoms with E-state index in [0.717, 1.165) is 20.3 Å². The predicted octanol–water partition coefficient (Wildman–Crippen LogP) is 2.57. The van der Waals surface area contributed by atoms with Gasteiger partial charge in [-0.25, -0.2) is 0 Å². The third-order valence-electron chi connectivity index (χ3n) is 2.42. The summed E-state index contributed by atoms with van der Waals surface area (Å²) >= 11 is 6.90. The second-order valence-electron chi connectivity index (χ2n) is 4.05. The van der Waals surface area contributed by atoms with Crippen molar-refractivity contribution in [3.63, 3.8) is 0 Å². The molecule has 0 radical (unpaired) electrons. The van der Waals surface area contributed by atoms with E-state index in [2.05, 4.69) is 37.2 Å². The van der Waals surface area contributed by atoms with E-state index in [1.54, 1.807) is 7.11 Å². The minimum absolute atomic E-state index is 0.0575. The molecule has 3 N–H and O–H groups in total. The van der Waals surface area contributed by atoms with Gasteiger partial charge in [-0.3, -0.25) is 4.79 Å². The van der Waals surface area contributed by atoms with Gasteiger partial charge in [0.1, 0.15) is 5.75 Å². The van der Waals surface area contributed by atoms with Crippen LogP contribution in [0.25, 0.3) is 0 Å².